The molecule has 0 unspecified atom stereocenters. The first-order valence-electron chi connectivity index (χ1n) is 14.1. The Hall–Kier alpha value is -5.31. The van der Waals surface area contributed by atoms with Crippen LogP contribution in [-0.4, -0.2) is 71.7 Å². The van der Waals surface area contributed by atoms with Gasteiger partial charge < -0.3 is 34.7 Å². The molecule has 1 fully saturated rings. The monoisotopic (exact) mass is 632 g/mol. The number of primary amides is 1. The van der Waals surface area contributed by atoms with Gasteiger partial charge in [-0.1, -0.05) is 30.3 Å². The predicted octanol–water partition coefficient (Wildman–Crippen LogP) is 3.22. The van der Waals surface area contributed by atoms with Crippen molar-refractivity contribution in [1.82, 2.24) is 23.5 Å². The van der Waals surface area contributed by atoms with E-state index in [1.54, 1.807) is 64.5 Å². The highest BCUT2D eigenvalue weighted by atomic mass is 32.2. The molecule has 1 amide bonds. The van der Waals surface area contributed by atoms with Gasteiger partial charge in [-0.3, -0.25) is 4.79 Å². The number of rotatable bonds is 11. The fourth-order valence-corrected chi connectivity index (χ4v) is 6.93. The Morgan fingerprint density at radius 3 is 2.44 bits per heavy atom. The molecule has 3 aromatic heterocycles. The van der Waals surface area contributed by atoms with Gasteiger partial charge in [0.1, 0.15) is 23.7 Å². The number of amides is 1. The maximum absolute atomic E-state index is 13.7. The first-order valence-corrected chi connectivity index (χ1v) is 15.7. The molecule has 1 aliphatic heterocycles. The fraction of sp³-hybridized carbons (Fsp3) is 0.267. The molecule has 6 rings (SSSR count). The van der Waals surface area contributed by atoms with Gasteiger partial charge in [0, 0.05) is 24.9 Å². The molecule has 0 saturated carbocycles. The number of methoxy groups -OCH3 is 3. The Bertz CT molecular complexity index is 1950. The number of benzene rings is 2. The van der Waals surface area contributed by atoms with Crippen molar-refractivity contribution in [2.75, 3.05) is 38.1 Å². The number of fused-ring (bicyclic) bond motifs is 1. The second-order valence-electron chi connectivity index (χ2n) is 10.4. The minimum Gasteiger partial charge on any atom is -0.493 e. The summed E-state index contributed by atoms with van der Waals surface area (Å²) in [6.45, 7) is 0.529. The summed E-state index contributed by atoms with van der Waals surface area (Å²) in [5.74, 6) is 1.50. The van der Waals surface area contributed by atoms with Crippen LogP contribution in [0, 0.1) is 0 Å². The number of nitrogens with one attached hydrogen (secondary N) is 1. The lowest BCUT2D eigenvalue weighted by atomic mass is 10.2. The Morgan fingerprint density at radius 2 is 1.78 bits per heavy atom. The minimum atomic E-state index is -3.88. The summed E-state index contributed by atoms with van der Waals surface area (Å²) in [5.41, 5.74) is 7.60. The third kappa shape index (κ3) is 5.69. The summed E-state index contributed by atoms with van der Waals surface area (Å²) in [6.07, 6.45) is 6.06. The quantitative estimate of drug-likeness (QED) is 0.219. The Kier molecular flexibility index (Phi) is 7.93. The number of carbonyl (C=O) groups is 1. The van der Waals surface area contributed by atoms with Crippen LogP contribution in [0.5, 0.6) is 17.2 Å². The van der Waals surface area contributed by atoms with Crippen LogP contribution in [0.25, 0.3) is 16.7 Å². The molecule has 0 aliphatic carbocycles. The number of carbonyl (C=O) groups excluding carboxylic acids is 1. The van der Waals surface area contributed by atoms with E-state index < -0.39 is 22.0 Å². The van der Waals surface area contributed by atoms with Gasteiger partial charge in [-0.2, -0.15) is 4.98 Å². The highest BCUT2D eigenvalue weighted by Gasteiger charge is 2.32. The van der Waals surface area contributed by atoms with Crippen LogP contribution in [0.2, 0.25) is 0 Å². The number of hydrogen-bond donors (Lipinski definition) is 2. The highest BCUT2D eigenvalue weighted by Crippen LogP contribution is 2.39. The lowest BCUT2D eigenvalue weighted by molar-refractivity contribution is -0.119. The van der Waals surface area contributed by atoms with Crippen molar-refractivity contribution in [2.24, 2.45) is 5.73 Å². The van der Waals surface area contributed by atoms with E-state index in [2.05, 4.69) is 15.3 Å². The summed E-state index contributed by atoms with van der Waals surface area (Å²) in [5, 5.41) is 3.19. The molecule has 1 saturated heterocycles. The smallest absolute Gasteiger partial charge is 0.243 e. The van der Waals surface area contributed by atoms with Crippen LogP contribution in [0.1, 0.15) is 18.4 Å². The Balaban J connectivity index is 1.43. The molecule has 4 heterocycles. The normalized spacial score (nSPS) is 14.9. The van der Waals surface area contributed by atoms with Gasteiger partial charge in [0.15, 0.2) is 17.3 Å². The topological polar surface area (TPSA) is 169 Å². The zero-order valence-electron chi connectivity index (χ0n) is 24.9. The summed E-state index contributed by atoms with van der Waals surface area (Å²) in [7, 11) is 0.707. The number of nitrogens with zero attached hydrogens (tertiary/aromatic N) is 6. The molecule has 5 aromatic rings. The lowest BCUT2D eigenvalue weighted by Crippen LogP contribution is -2.41. The molecular weight excluding hydrogens is 600 g/mol. The molecular formula is C30H32N8O6S. The van der Waals surface area contributed by atoms with Crippen LogP contribution in [0.3, 0.4) is 0 Å². The van der Waals surface area contributed by atoms with Gasteiger partial charge in [0.2, 0.25) is 27.6 Å². The van der Waals surface area contributed by atoms with Crippen LogP contribution in [-0.2, 0) is 20.6 Å². The fourth-order valence-electron chi connectivity index (χ4n) is 5.48. The molecule has 1 aliphatic rings. The zero-order chi connectivity index (χ0) is 31.7. The first-order chi connectivity index (χ1) is 21.7. The van der Waals surface area contributed by atoms with Crippen molar-refractivity contribution in [3.63, 3.8) is 0 Å². The van der Waals surface area contributed by atoms with Crippen molar-refractivity contribution in [2.45, 2.75) is 24.6 Å². The molecule has 0 spiro atoms. The van der Waals surface area contributed by atoms with Crippen LogP contribution >= 0.6 is 0 Å². The average molecular weight is 633 g/mol. The maximum atomic E-state index is 13.7. The summed E-state index contributed by atoms with van der Waals surface area (Å²) in [4.78, 5) is 27.8. The molecule has 0 radical (unpaired) electrons. The van der Waals surface area contributed by atoms with Crippen LogP contribution in [0.4, 0.5) is 17.6 Å². The molecule has 45 heavy (non-hydrogen) atoms. The van der Waals surface area contributed by atoms with E-state index >= 15 is 0 Å². The van der Waals surface area contributed by atoms with Gasteiger partial charge in [-0.05, 0) is 24.5 Å². The average Bonchev–Trinajstić information content (AvgIpc) is 3.81. The molecule has 14 nitrogen and oxygen atoms in total. The third-order valence-electron chi connectivity index (χ3n) is 7.59. The Labute approximate surface area is 259 Å². The maximum Gasteiger partial charge on any atom is 0.243 e. The largest absolute Gasteiger partial charge is 0.493 e. The van der Waals surface area contributed by atoms with Crippen LogP contribution < -0.4 is 30.2 Å². The van der Waals surface area contributed by atoms with E-state index in [9.17, 15) is 13.2 Å². The van der Waals surface area contributed by atoms with Gasteiger partial charge in [-0.15, -0.1) is 0 Å². The third-order valence-corrected chi connectivity index (χ3v) is 9.20. The van der Waals surface area contributed by atoms with Gasteiger partial charge >= 0.3 is 0 Å². The summed E-state index contributed by atoms with van der Waals surface area (Å²) in [6, 6.07) is 13.5. The van der Waals surface area contributed by atoms with Crippen molar-refractivity contribution in [1.29, 1.82) is 0 Å². The van der Waals surface area contributed by atoms with E-state index in [-0.39, 0.29) is 23.0 Å². The number of imidazole rings is 1. The van der Waals surface area contributed by atoms with E-state index in [0.717, 1.165) is 6.42 Å². The van der Waals surface area contributed by atoms with Crippen LogP contribution in [0.15, 0.2) is 67.3 Å². The van der Waals surface area contributed by atoms with E-state index in [1.807, 2.05) is 6.07 Å². The van der Waals surface area contributed by atoms with Crippen molar-refractivity contribution < 1.29 is 27.4 Å². The molecule has 0 bridgehead atoms. The minimum absolute atomic E-state index is 0.196. The number of ether oxygens (including phenoxy) is 3. The van der Waals surface area contributed by atoms with Gasteiger partial charge in [0.05, 0.1) is 44.5 Å². The van der Waals surface area contributed by atoms with Crippen molar-refractivity contribution >= 4 is 44.5 Å². The second kappa shape index (κ2) is 12.0. The number of hydrogen-bond acceptors (Lipinski definition) is 11. The Morgan fingerprint density at radius 1 is 1.04 bits per heavy atom. The van der Waals surface area contributed by atoms with Gasteiger partial charge in [-0.25, -0.2) is 22.4 Å². The molecule has 234 valence electrons. The first kappa shape index (κ1) is 29.7. The standard InChI is InChI=1S/C30H32N8O6S/c1-42-23-14-20(15-24(43-2)27(23)44-3)36-16-25(32-18-36)34-29-26-21(33-30(35-29)37-12-7-10-22(37)28(31)39)11-13-38(26)45(40,41)17-19-8-5-4-6-9-19/h4-6,8-9,11,13-16,18,22H,7,10,12,17H2,1-3H3,(H2,31,39)(H,33,34,35)/t22-/m0/s1. The SMILES string of the molecule is COc1cc(-n2cnc(Nc3nc(N4CCC[C@H]4C(N)=O)nc4ccn(S(=O)(=O)Cc5ccccc5)c34)c2)cc(OC)c1OC. The number of nitrogens with two attached hydrogens (primary N) is 1. The van der Waals surface area contributed by atoms with E-state index in [4.69, 9.17) is 24.9 Å². The number of anilines is 3. The van der Waals surface area contributed by atoms with E-state index in [1.165, 1.54) is 31.5 Å². The zero-order valence-corrected chi connectivity index (χ0v) is 25.7. The second-order valence-corrected chi connectivity index (χ2v) is 12.2. The summed E-state index contributed by atoms with van der Waals surface area (Å²) >= 11 is 0. The molecule has 1 atom stereocenters. The molecule has 2 aromatic carbocycles. The molecule has 3 N–H and O–H groups in total. The van der Waals surface area contributed by atoms with Crippen molar-refractivity contribution in [3.8, 4) is 22.9 Å². The molecule has 15 heteroatoms. The lowest BCUT2D eigenvalue weighted by Gasteiger charge is -2.23. The highest BCUT2D eigenvalue weighted by molar-refractivity contribution is 7.89. The predicted molar refractivity (Wildman–Crippen MR) is 168 cm³/mol. The summed E-state index contributed by atoms with van der Waals surface area (Å²) < 4.78 is 46.7. The van der Waals surface area contributed by atoms with Gasteiger partial charge in [0.25, 0.3) is 0 Å². The number of aromatic nitrogens is 5. The van der Waals surface area contributed by atoms with E-state index in [0.29, 0.717) is 52.8 Å². The van der Waals surface area contributed by atoms with Crippen molar-refractivity contribution in [3.05, 3.63) is 72.8 Å².